The van der Waals surface area contributed by atoms with E-state index in [4.69, 9.17) is 0 Å². The van der Waals surface area contributed by atoms with E-state index in [1.54, 1.807) is 29.2 Å². The Bertz CT molecular complexity index is 656. The van der Waals surface area contributed by atoms with Crippen molar-refractivity contribution in [3.8, 4) is 0 Å². The molecule has 1 aromatic carbocycles. The second-order valence-corrected chi connectivity index (χ2v) is 8.41. The number of carbonyl (C=O) groups is 1. The normalized spacial score (nSPS) is 16.4. The fourth-order valence-electron chi connectivity index (χ4n) is 2.75. The van der Waals surface area contributed by atoms with Crippen molar-refractivity contribution < 1.29 is 13.2 Å². The number of nitrogens with one attached hydrogen (secondary N) is 2. The number of hydrogen-bond donors (Lipinski definition) is 2. The summed E-state index contributed by atoms with van der Waals surface area (Å²) in [6.07, 6.45) is 0.480. The number of benzene rings is 1. The molecule has 1 aliphatic heterocycles. The lowest BCUT2D eigenvalue weighted by molar-refractivity contribution is -0.133. The smallest absolute Gasteiger partial charge is 0.241 e. The van der Waals surface area contributed by atoms with E-state index in [1.165, 1.54) is 0 Å². The van der Waals surface area contributed by atoms with Crippen molar-refractivity contribution in [1.82, 2.24) is 14.9 Å². The molecule has 0 aliphatic carbocycles. The molecule has 0 radical (unpaired) electrons. The van der Waals surface area contributed by atoms with Crippen LogP contribution >= 0.6 is 12.4 Å². The maximum Gasteiger partial charge on any atom is 0.241 e. The molecule has 25 heavy (non-hydrogen) atoms. The van der Waals surface area contributed by atoms with Gasteiger partial charge < -0.3 is 10.2 Å². The second-order valence-electron chi connectivity index (χ2n) is 6.69. The average molecular weight is 390 g/mol. The maximum atomic E-state index is 12.8. The van der Waals surface area contributed by atoms with Crippen molar-refractivity contribution in [1.29, 1.82) is 0 Å². The summed E-state index contributed by atoms with van der Waals surface area (Å²) in [6.45, 7) is 8.57. The Morgan fingerprint density at radius 1 is 1.20 bits per heavy atom. The molecule has 0 saturated carbocycles. The van der Waals surface area contributed by atoms with Gasteiger partial charge in [-0.3, -0.25) is 4.79 Å². The van der Waals surface area contributed by atoms with E-state index in [1.807, 2.05) is 20.8 Å². The second kappa shape index (κ2) is 9.52. The van der Waals surface area contributed by atoms with Crippen LogP contribution in [-0.2, 0) is 14.8 Å². The molecule has 1 fully saturated rings. The molecule has 142 valence electrons. The van der Waals surface area contributed by atoms with Gasteiger partial charge in [-0.15, -0.1) is 12.4 Å². The van der Waals surface area contributed by atoms with Crippen LogP contribution in [0.5, 0.6) is 0 Å². The molecule has 1 atom stereocenters. The van der Waals surface area contributed by atoms with Gasteiger partial charge >= 0.3 is 0 Å². The predicted octanol–water partition coefficient (Wildman–Crippen LogP) is 1.54. The molecular formula is C17H28ClN3O3S. The summed E-state index contributed by atoms with van der Waals surface area (Å²) in [5.74, 6) is 0.0727. The summed E-state index contributed by atoms with van der Waals surface area (Å²) >= 11 is 0. The van der Waals surface area contributed by atoms with Crippen molar-refractivity contribution in [3.63, 3.8) is 0 Å². The van der Waals surface area contributed by atoms with Crippen LogP contribution in [0.25, 0.3) is 0 Å². The van der Waals surface area contributed by atoms with Gasteiger partial charge in [0.2, 0.25) is 15.9 Å². The Hall–Kier alpha value is -1.15. The van der Waals surface area contributed by atoms with E-state index in [-0.39, 0.29) is 29.1 Å². The third-order valence-corrected chi connectivity index (χ3v) is 5.55. The van der Waals surface area contributed by atoms with Gasteiger partial charge in [0.15, 0.2) is 0 Å². The van der Waals surface area contributed by atoms with E-state index < -0.39 is 16.1 Å². The average Bonchev–Trinajstić information content (AvgIpc) is 2.54. The van der Waals surface area contributed by atoms with Gasteiger partial charge in [0.05, 0.1) is 4.90 Å². The fraction of sp³-hybridized carbons (Fsp3) is 0.588. The number of carbonyl (C=O) groups excluding carboxylic acids is 1. The number of aryl methyl sites for hydroxylation is 1. The number of nitrogens with zero attached hydrogens (tertiary/aromatic N) is 1. The zero-order valence-electron chi connectivity index (χ0n) is 15.0. The molecule has 0 spiro atoms. The lowest BCUT2D eigenvalue weighted by atomic mass is 10.0. The summed E-state index contributed by atoms with van der Waals surface area (Å²) in [4.78, 5) is 14.7. The van der Waals surface area contributed by atoms with E-state index in [9.17, 15) is 13.2 Å². The molecule has 1 aliphatic rings. The first-order chi connectivity index (χ1) is 11.3. The molecule has 1 heterocycles. The summed E-state index contributed by atoms with van der Waals surface area (Å²) in [5.41, 5.74) is 0.990. The van der Waals surface area contributed by atoms with Crippen molar-refractivity contribution in [3.05, 3.63) is 29.8 Å². The lowest BCUT2D eigenvalue weighted by Crippen LogP contribution is -2.54. The van der Waals surface area contributed by atoms with Crippen LogP contribution in [-0.4, -0.2) is 51.4 Å². The van der Waals surface area contributed by atoms with Crippen LogP contribution in [0.15, 0.2) is 29.2 Å². The van der Waals surface area contributed by atoms with Crippen LogP contribution in [0.4, 0.5) is 0 Å². The monoisotopic (exact) mass is 389 g/mol. The number of halogens is 1. The molecule has 1 saturated heterocycles. The largest absolute Gasteiger partial charge is 0.339 e. The van der Waals surface area contributed by atoms with E-state index in [0.29, 0.717) is 19.5 Å². The Balaban J connectivity index is 0.00000312. The first-order valence-corrected chi connectivity index (χ1v) is 9.86. The zero-order chi connectivity index (χ0) is 17.7. The van der Waals surface area contributed by atoms with Crippen LogP contribution in [0.3, 0.4) is 0 Å². The quantitative estimate of drug-likeness (QED) is 0.773. The Morgan fingerprint density at radius 2 is 1.76 bits per heavy atom. The van der Waals surface area contributed by atoms with Gasteiger partial charge in [0.1, 0.15) is 6.04 Å². The highest BCUT2D eigenvalue weighted by molar-refractivity contribution is 7.89. The molecule has 0 aromatic heterocycles. The predicted molar refractivity (Wildman–Crippen MR) is 101 cm³/mol. The van der Waals surface area contributed by atoms with E-state index in [2.05, 4.69) is 10.0 Å². The number of sulfonamides is 1. The highest BCUT2D eigenvalue weighted by Crippen LogP contribution is 2.15. The maximum absolute atomic E-state index is 12.8. The van der Waals surface area contributed by atoms with Gasteiger partial charge in [0, 0.05) is 26.2 Å². The minimum atomic E-state index is -3.72. The van der Waals surface area contributed by atoms with Crippen molar-refractivity contribution in [2.24, 2.45) is 5.92 Å². The lowest BCUT2D eigenvalue weighted by Gasteiger charge is -2.31. The summed E-state index contributed by atoms with van der Waals surface area (Å²) in [6, 6.07) is 5.92. The number of hydrogen-bond acceptors (Lipinski definition) is 4. The van der Waals surface area contributed by atoms with Gasteiger partial charge in [-0.25, -0.2) is 8.42 Å². The summed E-state index contributed by atoms with van der Waals surface area (Å²) < 4.78 is 27.9. The number of piperazine rings is 1. The molecule has 2 rings (SSSR count). The van der Waals surface area contributed by atoms with Gasteiger partial charge in [-0.05, 0) is 31.4 Å². The van der Waals surface area contributed by atoms with Crippen molar-refractivity contribution in [2.45, 2.75) is 38.1 Å². The zero-order valence-corrected chi connectivity index (χ0v) is 16.6. The van der Waals surface area contributed by atoms with Crippen molar-refractivity contribution >= 4 is 28.3 Å². The molecular weight excluding hydrogens is 362 g/mol. The minimum Gasteiger partial charge on any atom is -0.339 e. The Labute approximate surface area is 156 Å². The molecule has 6 nitrogen and oxygen atoms in total. The first kappa shape index (κ1) is 21.9. The van der Waals surface area contributed by atoms with E-state index >= 15 is 0 Å². The number of rotatable bonds is 6. The molecule has 1 unspecified atom stereocenters. The van der Waals surface area contributed by atoms with Crippen LogP contribution < -0.4 is 10.0 Å². The molecule has 0 bridgehead atoms. The Morgan fingerprint density at radius 3 is 2.28 bits per heavy atom. The first-order valence-electron chi connectivity index (χ1n) is 8.38. The van der Waals surface area contributed by atoms with Crippen LogP contribution in [0.2, 0.25) is 0 Å². The van der Waals surface area contributed by atoms with E-state index in [0.717, 1.165) is 18.7 Å². The van der Waals surface area contributed by atoms with Crippen molar-refractivity contribution in [2.75, 3.05) is 26.2 Å². The highest BCUT2D eigenvalue weighted by atomic mass is 35.5. The molecule has 1 aromatic rings. The molecule has 2 N–H and O–H groups in total. The Kier molecular flexibility index (Phi) is 8.34. The van der Waals surface area contributed by atoms with Gasteiger partial charge in [0.25, 0.3) is 0 Å². The van der Waals surface area contributed by atoms with Gasteiger partial charge in [-0.2, -0.15) is 4.72 Å². The van der Waals surface area contributed by atoms with Crippen LogP contribution in [0, 0.1) is 12.8 Å². The standard InChI is InChI=1S/C17H27N3O3S.ClH/c1-13(2)12-16(17(21)20-10-8-18-9-11-20)19-24(22,23)15-6-4-14(3)5-7-15;/h4-7,13,16,18-19H,8-12H2,1-3H3;1H. The third-order valence-electron chi connectivity index (χ3n) is 4.06. The van der Waals surface area contributed by atoms with Crippen LogP contribution in [0.1, 0.15) is 25.8 Å². The summed E-state index contributed by atoms with van der Waals surface area (Å²) in [5, 5.41) is 3.20. The fourth-order valence-corrected chi connectivity index (χ4v) is 3.95. The topological polar surface area (TPSA) is 78.5 Å². The number of amides is 1. The summed E-state index contributed by atoms with van der Waals surface area (Å²) in [7, 11) is -3.72. The van der Waals surface area contributed by atoms with Gasteiger partial charge in [-0.1, -0.05) is 31.5 Å². The SMILES string of the molecule is Cc1ccc(S(=O)(=O)NC(CC(C)C)C(=O)N2CCNCC2)cc1.Cl. The molecule has 8 heteroatoms. The third kappa shape index (κ3) is 6.26. The molecule has 1 amide bonds. The minimum absolute atomic E-state index is 0. The highest BCUT2D eigenvalue weighted by Gasteiger charge is 2.30.